The molecule has 2 fully saturated rings. The van der Waals surface area contributed by atoms with Crippen molar-refractivity contribution in [2.24, 2.45) is 0 Å². The highest BCUT2D eigenvalue weighted by molar-refractivity contribution is 7.91. The Morgan fingerprint density at radius 1 is 1.29 bits per heavy atom. The molecule has 24 heavy (non-hydrogen) atoms. The zero-order valence-corrected chi connectivity index (χ0v) is 14.9. The molecule has 0 saturated carbocycles. The standard InChI is InChI=1S/C13H16ClF2N3O3S2/c14-10-1-2-11(23-10)24(21,22)19-5-3-18(4-6-19)12(20)9-7-13(15,16)8-17-9/h1-2,9,17H,3-8H2. The number of hydrogen-bond donors (Lipinski definition) is 1. The summed E-state index contributed by atoms with van der Waals surface area (Å²) in [7, 11) is -3.63. The van der Waals surface area contributed by atoms with Gasteiger partial charge in [-0.15, -0.1) is 11.3 Å². The normalized spacial score (nSPS) is 25.1. The maximum atomic E-state index is 13.2. The SMILES string of the molecule is O=C(C1CC(F)(F)CN1)N1CCN(S(=O)(=O)c2ccc(Cl)s2)CC1. The van der Waals surface area contributed by atoms with Gasteiger partial charge in [0, 0.05) is 32.6 Å². The van der Waals surface area contributed by atoms with E-state index in [-0.39, 0.29) is 30.4 Å². The third-order valence-corrected chi connectivity index (χ3v) is 7.70. The predicted molar refractivity (Wildman–Crippen MR) is 86.0 cm³/mol. The molecule has 2 aliphatic rings. The average Bonchev–Trinajstić information content (AvgIpc) is 3.12. The van der Waals surface area contributed by atoms with E-state index in [1.807, 2.05) is 0 Å². The molecule has 1 amide bonds. The minimum atomic E-state index is -3.63. The summed E-state index contributed by atoms with van der Waals surface area (Å²) in [6.45, 7) is 0.123. The molecule has 1 atom stereocenters. The average molecular weight is 400 g/mol. The van der Waals surface area contributed by atoms with Gasteiger partial charge in [0.15, 0.2) is 0 Å². The second kappa shape index (κ2) is 6.49. The van der Waals surface area contributed by atoms with Crippen molar-refractivity contribution in [3.05, 3.63) is 16.5 Å². The smallest absolute Gasteiger partial charge is 0.262 e. The van der Waals surface area contributed by atoms with Crippen molar-refractivity contribution < 1.29 is 22.0 Å². The molecule has 3 rings (SSSR count). The summed E-state index contributed by atoms with van der Waals surface area (Å²) in [5.41, 5.74) is 0. The Hall–Kier alpha value is -0.810. The Morgan fingerprint density at radius 3 is 2.46 bits per heavy atom. The number of hydrogen-bond acceptors (Lipinski definition) is 5. The van der Waals surface area contributed by atoms with E-state index in [2.05, 4.69) is 5.32 Å². The molecule has 3 heterocycles. The van der Waals surface area contributed by atoms with E-state index in [0.29, 0.717) is 4.34 Å². The van der Waals surface area contributed by atoms with Crippen LogP contribution in [0.15, 0.2) is 16.3 Å². The zero-order valence-electron chi connectivity index (χ0n) is 12.5. The molecule has 1 aromatic heterocycles. The third kappa shape index (κ3) is 3.57. The number of halogens is 3. The first-order valence-electron chi connectivity index (χ1n) is 7.34. The second-order valence-electron chi connectivity index (χ2n) is 5.78. The van der Waals surface area contributed by atoms with Crippen LogP contribution >= 0.6 is 22.9 Å². The van der Waals surface area contributed by atoms with Crippen LogP contribution in [0.1, 0.15) is 6.42 Å². The first-order valence-corrected chi connectivity index (χ1v) is 9.98. The molecule has 11 heteroatoms. The van der Waals surface area contributed by atoms with E-state index in [1.165, 1.54) is 21.3 Å². The number of sulfonamides is 1. The van der Waals surface area contributed by atoms with Gasteiger partial charge in [-0.1, -0.05) is 11.6 Å². The third-order valence-electron chi connectivity index (χ3n) is 4.10. The summed E-state index contributed by atoms with van der Waals surface area (Å²) in [5, 5.41) is 2.53. The van der Waals surface area contributed by atoms with Gasteiger partial charge in [0.1, 0.15) is 4.21 Å². The molecule has 0 spiro atoms. The molecule has 1 unspecified atom stereocenters. The van der Waals surface area contributed by atoms with Crippen molar-refractivity contribution in [2.75, 3.05) is 32.7 Å². The quantitative estimate of drug-likeness (QED) is 0.830. The zero-order chi connectivity index (χ0) is 17.5. The lowest BCUT2D eigenvalue weighted by Crippen LogP contribution is -2.54. The van der Waals surface area contributed by atoms with E-state index < -0.39 is 40.9 Å². The molecule has 1 N–H and O–H groups in total. The molecule has 0 radical (unpaired) electrons. The number of piperazine rings is 1. The lowest BCUT2D eigenvalue weighted by molar-refractivity contribution is -0.134. The van der Waals surface area contributed by atoms with Crippen molar-refractivity contribution in [3.8, 4) is 0 Å². The highest BCUT2D eigenvalue weighted by Gasteiger charge is 2.44. The van der Waals surface area contributed by atoms with Gasteiger partial charge in [-0.3, -0.25) is 10.1 Å². The fourth-order valence-corrected chi connectivity index (χ4v) is 5.88. The fraction of sp³-hybridized carbons (Fsp3) is 0.615. The Morgan fingerprint density at radius 2 is 1.96 bits per heavy atom. The maximum absolute atomic E-state index is 13.2. The van der Waals surface area contributed by atoms with Crippen molar-refractivity contribution in [3.63, 3.8) is 0 Å². The van der Waals surface area contributed by atoms with Gasteiger partial charge in [0.2, 0.25) is 5.91 Å². The molecule has 2 saturated heterocycles. The van der Waals surface area contributed by atoms with Gasteiger partial charge in [0.25, 0.3) is 15.9 Å². The van der Waals surface area contributed by atoms with Gasteiger partial charge >= 0.3 is 0 Å². The number of thiophene rings is 1. The van der Waals surface area contributed by atoms with E-state index in [1.54, 1.807) is 0 Å². The molecular weight excluding hydrogens is 384 g/mol. The van der Waals surface area contributed by atoms with Crippen LogP contribution in [-0.4, -0.2) is 68.2 Å². The molecule has 6 nitrogen and oxygen atoms in total. The number of carbonyl (C=O) groups is 1. The van der Waals surface area contributed by atoms with Crippen LogP contribution < -0.4 is 5.32 Å². The van der Waals surface area contributed by atoms with Gasteiger partial charge < -0.3 is 4.90 Å². The first-order chi connectivity index (χ1) is 11.2. The Balaban J connectivity index is 1.61. The van der Waals surface area contributed by atoms with Crippen LogP contribution in [-0.2, 0) is 14.8 Å². The molecule has 0 aromatic carbocycles. The van der Waals surface area contributed by atoms with E-state index >= 15 is 0 Å². The number of rotatable bonds is 3. The highest BCUT2D eigenvalue weighted by atomic mass is 35.5. The number of amides is 1. The molecule has 134 valence electrons. The van der Waals surface area contributed by atoms with Crippen LogP contribution in [0.4, 0.5) is 8.78 Å². The number of carbonyl (C=O) groups excluding carboxylic acids is 1. The summed E-state index contributed by atoms with van der Waals surface area (Å²) in [4.78, 5) is 13.7. The topological polar surface area (TPSA) is 69.7 Å². The Kier molecular flexibility index (Phi) is 4.86. The van der Waals surface area contributed by atoms with Gasteiger partial charge in [-0.2, -0.15) is 4.31 Å². The van der Waals surface area contributed by atoms with Crippen LogP contribution in [0.2, 0.25) is 4.34 Å². The second-order valence-corrected chi connectivity index (χ2v) is 9.66. The summed E-state index contributed by atoms with van der Waals surface area (Å²) in [5.74, 6) is -3.27. The van der Waals surface area contributed by atoms with Crippen LogP contribution in [0.25, 0.3) is 0 Å². The van der Waals surface area contributed by atoms with Gasteiger partial charge in [-0.05, 0) is 12.1 Å². The Bertz CT molecular complexity index is 733. The molecule has 1 aromatic rings. The van der Waals surface area contributed by atoms with E-state index in [0.717, 1.165) is 11.3 Å². The Labute approximate surface area is 147 Å². The van der Waals surface area contributed by atoms with Crippen molar-refractivity contribution in [1.82, 2.24) is 14.5 Å². The summed E-state index contributed by atoms with van der Waals surface area (Å²) >= 11 is 6.76. The number of nitrogens with one attached hydrogen (secondary N) is 1. The van der Waals surface area contributed by atoms with Gasteiger partial charge in [-0.25, -0.2) is 17.2 Å². The fourth-order valence-electron chi connectivity index (χ4n) is 2.82. The molecule has 2 aliphatic heterocycles. The lowest BCUT2D eigenvalue weighted by Gasteiger charge is -2.34. The maximum Gasteiger partial charge on any atom is 0.262 e. The predicted octanol–water partition coefficient (Wildman–Crippen LogP) is 1.23. The number of alkyl halides is 2. The largest absolute Gasteiger partial charge is 0.339 e. The van der Waals surface area contributed by atoms with Crippen LogP contribution in [0.5, 0.6) is 0 Å². The molecule has 0 bridgehead atoms. The molecule has 0 aliphatic carbocycles. The molecular formula is C13H16ClF2N3O3S2. The lowest BCUT2D eigenvalue weighted by atomic mass is 10.1. The van der Waals surface area contributed by atoms with Crippen molar-refractivity contribution in [2.45, 2.75) is 22.6 Å². The summed E-state index contributed by atoms with van der Waals surface area (Å²) in [6.07, 6.45) is -0.516. The minimum Gasteiger partial charge on any atom is -0.339 e. The van der Waals surface area contributed by atoms with Crippen LogP contribution in [0.3, 0.4) is 0 Å². The highest BCUT2D eigenvalue weighted by Crippen LogP contribution is 2.29. The monoisotopic (exact) mass is 399 g/mol. The van der Waals surface area contributed by atoms with Crippen LogP contribution in [0, 0.1) is 0 Å². The van der Waals surface area contributed by atoms with E-state index in [9.17, 15) is 22.0 Å². The number of nitrogens with zero attached hydrogens (tertiary/aromatic N) is 2. The van der Waals surface area contributed by atoms with Crippen molar-refractivity contribution in [1.29, 1.82) is 0 Å². The summed E-state index contributed by atoms with van der Waals surface area (Å²) in [6, 6.07) is 2.06. The van der Waals surface area contributed by atoms with Crippen molar-refractivity contribution >= 4 is 38.9 Å². The summed E-state index contributed by atoms with van der Waals surface area (Å²) < 4.78 is 53.2. The van der Waals surface area contributed by atoms with Gasteiger partial charge in [0.05, 0.1) is 16.9 Å². The minimum absolute atomic E-state index is 0.132. The first kappa shape index (κ1) is 18.0. The van der Waals surface area contributed by atoms with E-state index in [4.69, 9.17) is 11.6 Å².